The summed E-state index contributed by atoms with van der Waals surface area (Å²) in [6, 6.07) is 8.46. The van der Waals surface area contributed by atoms with Gasteiger partial charge in [0.2, 0.25) is 0 Å². The fraction of sp³-hybridized carbons (Fsp3) is 0.615. The van der Waals surface area contributed by atoms with Crippen molar-refractivity contribution in [1.29, 1.82) is 0 Å². The lowest BCUT2D eigenvalue weighted by Gasteiger charge is -2.32. The van der Waals surface area contributed by atoms with Crippen molar-refractivity contribution in [3.63, 3.8) is 0 Å². The fourth-order valence-electron chi connectivity index (χ4n) is 6.03. The lowest BCUT2D eigenvalue weighted by atomic mass is 9.78. The van der Waals surface area contributed by atoms with Crippen LogP contribution in [-0.2, 0) is 11.3 Å². The number of carboxylic acid groups (broad SMARTS) is 1. The van der Waals surface area contributed by atoms with Gasteiger partial charge in [0.1, 0.15) is 5.75 Å². The Morgan fingerprint density at radius 1 is 1.00 bits per heavy atom. The van der Waals surface area contributed by atoms with Gasteiger partial charge in [-0.3, -0.25) is 14.7 Å². The summed E-state index contributed by atoms with van der Waals surface area (Å²) in [5, 5.41) is 11.5. The molecule has 1 unspecified atom stereocenters. The predicted octanol–water partition coefficient (Wildman–Crippen LogP) is 5.27. The average Bonchev–Trinajstić information content (AvgIpc) is 3.47. The maximum atomic E-state index is 11.2. The van der Waals surface area contributed by atoms with E-state index in [-0.39, 0.29) is 5.92 Å². The number of hydrogen-bond donors (Lipinski definition) is 1. The Morgan fingerprint density at radius 2 is 1.77 bits per heavy atom. The van der Waals surface area contributed by atoms with Gasteiger partial charge in [-0.1, -0.05) is 31.7 Å². The SMILES string of the molecule is O=C(O)C1CCN(Cc2cc3ccc(OC4CCC(C5CCCC5)CC4)cc3cn2)C1. The highest BCUT2D eigenvalue weighted by Crippen LogP contribution is 2.40. The van der Waals surface area contributed by atoms with Crippen LogP contribution in [-0.4, -0.2) is 40.2 Å². The standard InChI is InChI=1S/C26H34N2O3/c29-26(30)21-11-12-28(16-21)17-23-13-20-7-10-25(14-22(20)15-27-23)31-24-8-5-19(6-9-24)18-3-1-2-4-18/h7,10,13-15,18-19,21,24H,1-6,8-9,11-12,16-17H2,(H,29,30). The molecule has 31 heavy (non-hydrogen) atoms. The Morgan fingerprint density at radius 3 is 2.52 bits per heavy atom. The maximum Gasteiger partial charge on any atom is 0.307 e. The van der Waals surface area contributed by atoms with E-state index in [1.54, 1.807) is 0 Å². The quantitative estimate of drug-likeness (QED) is 0.687. The Hall–Kier alpha value is -2.14. The van der Waals surface area contributed by atoms with Crippen LogP contribution in [0.1, 0.15) is 63.5 Å². The zero-order valence-corrected chi connectivity index (χ0v) is 18.3. The Labute approximate surface area is 184 Å². The van der Waals surface area contributed by atoms with Gasteiger partial charge in [-0.25, -0.2) is 0 Å². The lowest BCUT2D eigenvalue weighted by Crippen LogP contribution is -2.27. The second kappa shape index (κ2) is 9.15. The van der Waals surface area contributed by atoms with Crippen LogP contribution in [0.5, 0.6) is 5.75 Å². The lowest BCUT2D eigenvalue weighted by molar-refractivity contribution is -0.141. The molecule has 1 saturated heterocycles. The first-order chi connectivity index (χ1) is 15.1. The highest BCUT2D eigenvalue weighted by molar-refractivity contribution is 5.83. The van der Waals surface area contributed by atoms with E-state index in [2.05, 4.69) is 34.1 Å². The molecule has 5 rings (SSSR count). The van der Waals surface area contributed by atoms with Crippen molar-refractivity contribution in [1.82, 2.24) is 9.88 Å². The van der Waals surface area contributed by atoms with Crippen LogP contribution >= 0.6 is 0 Å². The smallest absolute Gasteiger partial charge is 0.307 e. The zero-order valence-electron chi connectivity index (χ0n) is 18.3. The van der Waals surface area contributed by atoms with Crippen LogP contribution in [0.15, 0.2) is 30.5 Å². The van der Waals surface area contributed by atoms with Crippen molar-refractivity contribution in [3.8, 4) is 5.75 Å². The van der Waals surface area contributed by atoms with Crippen molar-refractivity contribution >= 4 is 16.7 Å². The molecule has 2 saturated carbocycles. The number of rotatable bonds is 6. The molecule has 0 amide bonds. The number of carboxylic acids is 1. The number of aliphatic carboxylic acids is 1. The highest BCUT2D eigenvalue weighted by Gasteiger charge is 2.30. The van der Waals surface area contributed by atoms with Crippen LogP contribution in [0.4, 0.5) is 0 Å². The largest absolute Gasteiger partial charge is 0.490 e. The number of pyridine rings is 1. The molecule has 2 heterocycles. The summed E-state index contributed by atoms with van der Waals surface area (Å²) >= 11 is 0. The minimum absolute atomic E-state index is 0.242. The summed E-state index contributed by atoms with van der Waals surface area (Å²) < 4.78 is 6.35. The molecule has 0 bridgehead atoms. The molecule has 0 spiro atoms. The second-order valence-electron chi connectivity index (χ2n) is 9.94. The van der Waals surface area contributed by atoms with Gasteiger partial charge < -0.3 is 9.84 Å². The topological polar surface area (TPSA) is 62.7 Å². The van der Waals surface area contributed by atoms with Crippen LogP contribution < -0.4 is 4.74 Å². The fourth-order valence-corrected chi connectivity index (χ4v) is 6.03. The summed E-state index contributed by atoms with van der Waals surface area (Å²) in [5.74, 6) is 1.94. The van der Waals surface area contributed by atoms with Gasteiger partial charge in [0.25, 0.3) is 0 Å². The van der Waals surface area contributed by atoms with Gasteiger partial charge >= 0.3 is 5.97 Å². The van der Waals surface area contributed by atoms with Crippen molar-refractivity contribution in [3.05, 3.63) is 36.2 Å². The van der Waals surface area contributed by atoms with E-state index < -0.39 is 5.97 Å². The van der Waals surface area contributed by atoms with Gasteiger partial charge in [0.15, 0.2) is 0 Å². The van der Waals surface area contributed by atoms with Gasteiger partial charge in [0.05, 0.1) is 17.7 Å². The summed E-state index contributed by atoms with van der Waals surface area (Å²) in [5.41, 5.74) is 0.998. The molecule has 1 N–H and O–H groups in total. The number of likely N-dealkylation sites (tertiary alicyclic amines) is 1. The third kappa shape index (κ3) is 4.87. The van der Waals surface area contributed by atoms with E-state index in [0.717, 1.165) is 47.0 Å². The van der Waals surface area contributed by atoms with Gasteiger partial charge in [0, 0.05) is 24.7 Å². The number of ether oxygens (including phenoxy) is 1. The first-order valence-electron chi connectivity index (χ1n) is 12.1. The zero-order chi connectivity index (χ0) is 21.2. The molecule has 166 valence electrons. The number of benzene rings is 1. The molecular formula is C26H34N2O3. The second-order valence-corrected chi connectivity index (χ2v) is 9.94. The molecule has 1 atom stereocenters. The van der Waals surface area contributed by atoms with Crippen molar-refractivity contribution in [2.45, 2.75) is 70.4 Å². The number of nitrogens with zero attached hydrogens (tertiary/aromatic N) is 2. The first kappa shape index (κ1) is 20.7. The van der Waals surface area contributed by atoms with E-state index in [1.807, 2.05) is 6.20 Å². The van der Waals surface area contributed by atoms with Gasteiger partial charge in [-0.15, -0.1) is 0 Å². The van der Waals surface area contributed by atoms with Gasteiger partial charge in [-0.05, 0) is 74.1 Å². The third-order valence-corrected chi connectivity index (χ3v) is 7.85. The number of hydrogen-bond acceptors (Lipinski definition) is 4. The number of aromatic nitrogens is 1. The normalized spacial score (nSPS) is 27.7. The van der Waals surface area contributed by atoms with E-state index in [4.69, 9.17) is 4.74 Å². The predicted molar refractivity (Wildman–Crippen MR) is 121 cm³/mol. The molecule has 3 fully saturated rings. The molecule has 2 aromatic rings. The summed E-state index contributed by atoms with van der Waals surface area (Å²) in [7, 11) is 0. The maximum absolute atomic E-state index is 11.2. The number of carbonyl (C=O) groups is 1. The molecule has 2 aliphatic carbocycles. The molecule has 0 radical (unpaired) electrons. The average molecular weight is 423 g/mol. The summed E-state index contributed by atoms with van der Waals surface area (Å²) in [4.78, 5) is 18.0. The van der Waals surface area contributed by atoms with E-state index in [0.29, 0.717) is 19.2 Å². The van der Waals surface area contributed by atoms with Crippen molar-refractivity contribution in [2.24, 2.45) is 17.8 Å². The molecular weight excluding hydrogens is 388 g/mol. The van der Waals surface area contributed by atoms with Crippen LogP contribution in [0.2, 0.25) is 0 Å². The minimum Gasteiger partial charge on any atom is -0.490 e. The number of fused-ring (bicyclic) bond motifs is 1. The molecule has 5 heteroatoms. The molecule has 1 aromatic carbocycles. The monoisotopic (exact) mass is 422 g/mol. The first-order valence-corrected chi connectivity index (χ1v) is 12.1. The van der Waals surface area contributed by atoms with E-state index >= 15 is 0 Å². The Balaban J connectivity index is 1.17. The van der Waals surface area contributed by atoms with Crippen LogP contribution in [0.3, 0.4) is 0 Å². The Bertz CT molecular complexity index is 916. The van der Waals surface area contributed by atoms with Crippen molar-refractivity contribution in [2.75, 3.05) is 13.1 Å². The van der Waals surface area contributed by atoms with Gasteiger partial charge in [-0.2, -0.15) is 0 Å². The third-order valence-electron chi connectivity index (χ3n) is 7.85. The van der Waals surface area contributed by atoms with Crippen LogP contribution in [0.25, 0.3) is 10.8 Å². The highest BCUT2D eigenvalue weighted by atomic mass is 16.5. The van der Waals surface area contributed by atoms with E-state index in [1.165, 1.54) is 51.4 Å². The summed E-state index contributed by atoms with van der Waals surface area (Å²) in [6.07, 6.45) is 13.8. The molecule has 5 nitrogen and oxygen atoms in total. The van der Waals surface area contributed by atoms with Crippen LogP contribution in [0, 0.1) is 17.8 Å². The molecule has 1 aliphatic heterocycles. The van der Waals surface area contributed by atoms with Crippen molar-refractivity contribution < 1.29 is 14.6 Å². The summed E-state index contributed by atoms with van der Waals surface area (Å²) in [6.45, 7) is 2.15. The molecule has 3 aliphatic rings. The Kier molecular flexibility index (Phi) is 6.13. The molecule has 1 aromatic heterocycles. The van der Waals surface area contributed by atoms with E-state index in [9.17, 15) is 9.90 Å². The minimum atomic E-state index is -0.687.